The summed E-state index contributed by atoms with van der Waals surface area (Å²) in [4.78, 5) is 26.4. The Morgan fingerprint density at radius 2 is 2.02 bits per heavy atom. The molecule has 1 aliphatic carbocycles. The normalized spacial score (nSPS) is 14.6. The Morgan fingerprint density at radius 3 is 2.75 bits per heavy atom. The number of fused-ring (bicyclic) bond motifs is 2. The predicted octanol–water partition coefficient (Wildman–Crippen LogP) is 4.63. The van der Waals surface area contributed by atoms with Gasteiger partial charge in [0, 0.05) is 30.3 Å². The number of nitrogens with zero attached hydrogens (tertiary/aromatic N) is 7. The van der Waals surface area contributed by atoms with Crippen LogP contribution in [0.25, 0.3) is 34.1 Å². The fourth-order valence-electron chi connectivity index (χ4n) is 5.02. The van der Waals surface area contributed by atoms with Crippen LogP contribution in [0.15, 0.2) is 61.1 Å². The number of carbonyl (C=O) groups is 1. The molecule has 40 heavy (non-hydrogen) atoms. The van der Waals surface area contributed by atoms with Crippen molar-refractivity contribution in [1.29, 1.82) is 5.26 Å². The summed E-state index contributed by atoms with van der Waals surface area (Å²) in [5.41, 5.74) is 10.5. The van der Waals surface area contributed by atoms with E-state index in [4.69, 9.17) is 20.4 Å². The van der Waals surface area contributed by atoms with Crippen molar-refractivity contribution in [2.75, 3.05) is 5.73 Å². The van der Waals surface area contributed by atoms with Gasteiger partial charge < -0.3 is 15.8 Å². The predicted molar refractivity (Wildman–Crippen MR) is 149 cm³/mol. The molecule has 0 aliphatic heterocycles. The van der Waals surface area contributed by atoms with Crippen molar-refractivity contribution in [3.8, 4) is 29.0 Å². The molecule has 3 N–H and O–H groups in total. The average Bonchev–Trinajstić information content (AvgIpc) is 3.66. The SMILES string of the molecule is CC(C)(C)OC(=O)N[C@H]1CCc2cc(-n3c(-c4cccnc4N)nc4c(C#N)cc(-n5cccn5)nc43)ccc21. The highest BCUT2D eigenvalue weighted by Gasteiger charge is 2.28. The number of ether oxygens (including phenoxy) is 1. The quantitative estimate of drug-likeness (QED) is 0.339. The Bertz CT molecular complexity index is 1790. The van der Waals surface area contributed by atoms with Crippen molar-refractivity contribution in [2.24, 2.45) is 0 Å². The van der Waals surface area contributed by atoms with Crippen LogP contribution in [-0.2, 0) is 11.2 Å². The number of nitrogens with two attached hydrogens (primary N) is 1. The second-order valence-corrected chi connectivity index (χ2v) is 10.6. The number of hydrogen-bond acceptors (Lipinski definition) is 8. The van der Waals surface area contributed by atoms with E-state index >= 15 is 0 Å². The summed E-state index contributed by atoms with van der Waals surface area (Å²) in [7, 11) is 0. The number of aryl methyl sites for hydroxylation is 1. The lowest BCUT2D eigenvalue weighted by Crippen LogP contribution is -2.34. The Kier molecular flexibility index (Phi) is 5.95. The second kappa shape index (κ2) is 9.50. The number of nitrogens with one attached hydrogen (secondary N) is 1. The Hall–Kier alpha value is -5.24. The first-order valence-corrected chi connectivity index (χ1v) is 12.9. The molecule has 1 amide bonds. The summed E-state index contributed by atoms with van der Waals surface area (Å²) in [6.45, 7) is 5.52. The van der Waals surface area contributed by atoms with Crippen molar-refractivity contribution in [1.82, 2.24) is 34.6 Å². The lowest BCUT2D eigenvalue weighted by Gasteiger charge is -2.22. The number of pyridine rings is 2. The van der Waals surface area contributed by atoms with Crippen LogP contribution in [-0.4, -0.2) is 41.0 Å². The van der Waals surface area contributed by atoms with Gasteiger partial charge in [0.1, 0.15) is 23.0 Å². The molecule has 4 aromatic heterocycles. The minimum absolute atomic E-state index is 0.151. The molecule has 0 unspecified atom stereocenters. The molecule has 0 bridgehead atoms. The molecule has 0 spiro atoms. The second-order valence-electron chi connectivity index (χ2n) is 10.6. The van der Waals surface area contributed by atoms with Crippen LogP contribution in [0.5, 0.6) is 0 Å². The standard InChI is InChI=1S/C29H27N9O2/c1-29(2,3)40-28(39)34-22-10-7-17-14-19(8-9-20(17)22)38-26(21-6-4-11-32-25(21)31)36-24-18(16-30)15-23(35-27(24)38)37-13-5-12-33-37/h4-6,8-9,11-15,22H,7,10H2,1-3H3,(H2,31,32)(H,34,39)/t22-/m0/s1. The minimum atomic E-state index is -0.577. The third kappa shape index (κ3) is 4.49. The van der Waals surface area contributed by atoms with Gasteiger partial charge in [0.05, 0.1) is 17.2 Å². The van der Waals surface area contributed by atoms with Gasteiger partial charge in [-0.2, -0.15) is 10.4 Å². The summed E-state index contributed by atoms with van der Waals surface area (Å²) < 4.78 is 8.96. The van der Waals surface area contributed by atoms with Gasteiger partial charge in [-0.3, -0.25) is 4.57 Å². The number of alkyl carbamates (subject to hydrolysis) is 1. The summed E-state index contributed by atoms with van der Waals surface area (Å²) in [5, 5.41) is 17.3. The van der Waals surface area contributed by atoms with E-state index in [1.54, 1.807) is 41.5 Å². The number of rotatable bonds is 4. The summed E-state index contributed by atoms with van der Waals surface area (Å²) in [6.07, 6.45) is 6.13. The molecule has 1 aliphatic rings. The Balaban J connectivity index is 1.50. The lowest BCUT2D eigenvalue weighted by atomic mass is 10.1. The maximum atomic E-state index is 12.4. The number of amides is 1. The average molecular weight is 534 g/mol. The zero-order valence-corrected chi connectivity index (χ0v) is 22.3. The molecule has 0 fully saturated rings. The number of hydrogen-bond donors (Lipinski definition) is 2. The first-order valence-electron chi connectivity index (χ1n) is 12.9. The number of anilines is 1. The molecule has 0 radical (unpaired) electrons. The third-order valence-electron chi connectivity index (χ3n) is 6.69. The van der Waals surface area contributed by atoms with Gasteiger partial charge in [-0.15, -0.1) is 0 Å². The van der Waals surface area contributed by atoms with Gasteiger partial charge in [0.2, 0.25) is 0 Å². The van der Waals surface area contributed by atoms with Gasteiger partial charge in [-0.05, 0) is 75.1 Å². The molecule has 11 nitrogen and oxygen atoms in total. The molecule has 6 rings (SSSR count). The molecule has 5 aromatic rings. The molecule has 0 saturated heterocycles. The molecule has 0 saturated carbocycles. The topological polar surface area (TPSA) is 150 Å². The van der Waals surface area contributed by atoms with Crippen LogP contribution in [0.2, 0.25) is 0 Å². The highest BCUT2D eigenvalue weighted by molar-refractivity contribution is 5.87. The smallest absolute Gasteiger partial charge is 0.408 e. The van der Waals surface area contributed by atoms with E-state index in [0.717, 1.165) is 29.7 Å². The number of aromatic nitrogens is 6. The summed E-state index contributed by atoms with van der Waals surface area (Å²) in [5.74, 6) is 1.32. The van der Waals surface area contributed by atoms with E-state index in [1.165, 1.54) is 0 Å². The van der Waals surface area contributed by atoms with E-state index in [2.05, 4.69) is 27.5 Å². The van der Waals surface area contributed by atoms with Gasteiger partial charge in [-0.1, -0.05) is 6.07 Å². The van der Waals surface area contributed by atoms with E-state index in [9.17, 15) is 10.1 Å². The molecule has 1 atom stereocenters. The zero-order chi connectivity index (χ0) is 28.0. The van der Waals surface area contributed by atoms with Gasteiger partial charge in [0.25, 0.3) is 0 Å². The largest absolute Gasteiger partial charge is 0.444 e. The van der Waals surface area contributed by atoms with Crippen LogP contribution in [0.3, 0.4) is 0 Å². The van der Waals surface area contributed by atoms with Crippen molar-refractivity contribution in [3.63, 3.8) is 0 Å². The highest BCUT2D eigenvalue weighted by atomic mass is 16.6. The lowest BCUT2D eigenvalue weighted by molar-refractivity contribution is 0.0503. The molecule has 11 heteroatoms. The maximum absolute atomic E-state index is 12.4. The Labute approximate surface area is 230 Å². The highest BCUT2D eigenvalue weighted by Crippen LogP contribution is 2.36. The first-order chi connectivity index (χ1) is 19.2. The maximum Gasteiger partial charge on any atom is 0.408 e. The number of imidazole rings is 1. The van der Waals surface area contributed by atoms with Crippen molar-refractivity contribution < 1.29 is 9.53 Å². The third-order valence-corrected chi connectivity index (χ3v) is 6.69. The van der Waals surface area contributed by atoms with E-state index in [0.29, 0.717) is 39.8 Å². The van der Waals surface area contributed by atoms with Crippen LogP contribution >= 0.6 is 0 Å². The zero-order valence-electron chi connectivity index (χ0n) is 22.3. The number of benzene rings is 1. The van der Waals surface area contributed by atoms with Crippen molar-refractivity contribution >= 4 is 23.1 Å². The number of nitriles is 1. The fourth-order valence-corrected chi connectivity index (χ4v) is 5.02. The van der Waals surface area contributed by atoms with Crippen molar-refractivity contribution in [2.45, 2.75) is 45.3 Å². The van der Waals surface area contributed by atoms with Crippen molar-refractivity contribution in [3.05, 3.63) is 77.7 Å². The molecule has 200 valence electrons. The van der Waals surface area contributed by atoms with Crippen LogP contribution in [0.1, 0.15) is 49.9 Å². The summed E-state index contributed by atoms with van der Waals surface area (Å²) >= 11 is 0. The number of nitrogen functional groups attached to an aromatic ring is 1. The summed E-state index contributed by atoms with van der Waals surface area (Å²) in [6, 6.07) is 15.2. The number of carbonyl (C=O) groups excluding carboxylic acids is 1. The molecule has 4 heterocycles. The van der Waals surface area contributed by atoms with E-state index in [-0.39, 0.29) is 6.04 Å². The first kappa shape index (κ1) is 25.1. The monoisotopic (exact) mass is 533 g/mol. The minimum Gasteiger partial charge on any atom is -0.444 e. The van der Waals surface area contributed by atoms with Gasteiger partial charge in [0.15, 0.2) is 17.3 Å². The van der Waals surface area contributed by atoms with E-state index in [1.807, 2.05) is 43.5 Å². The van der Waals surface area contributed by atoms with Gasteiger partial charge >= 0.3 is 6.09 Å². The molecular weight excluding hydrogens is 506 g/mol. The van der Waals surface area contributed by atoms with Crippen LogP contribution < -0.4 is 11.1 Å². The molecule has 1 aromatic carbocycles. The van der Waals surface area contributed by atoms with Gasteiger partial charge in [-0.25, -0.2) is 24.4 Å². The fraction of sp³-hybridized carbons (Fsp3) is 0.241. The van der Waals surface area contributed by atoms with Crippen LogP contribution in [0, 0.1) is 11.3 Å². The van der Waals surface area contributed by atoms with Crippen LogP contribution in [0.4, 0.5) is 10.6 Å². The Morgan fingerprint density at radius 1 is 1.18 bits per heavy atom. The molecular formula is C29H27N9O2. The van der Waals surface area contributed by atoms with E-state index < -0.39 is 11.7 Å².